The van der Waals surface area contributed by atoms with E-state index in [1.54, 1.807) is 0 Å². The van der Waals surface area contributed by atoms with Crippen molar-refractivity contribution in [1.82, 2.24) is 0 Å². The standard InChI is InChI=1S/C60H36O/c1-3-21-44-37(14-1)16-13-29-45(44)41-18-12-20-43(35-41)57-52-27-9-7-25-50(52)56(51-26-8-10-28-53(51)57)42-19-11-17-39(34-42)40-30-32-48-47-23-5-6-24-49(47)59-58-46-22-4-2-15-38(46)31-33-55(58)61-60(59)54(48)36-40/h1-36H. The van der Waals surface area contributed by atoms with Crippen LogP contribution in [-0.4, -0.2) is 0 Å². The second-order valence-corrected chi connectivity index (χ2v) is 16.3. The van der Waals surface area contributed by atoms with Crippen LogP contribution in [-0.2, 0) is 0 Å². The van der Waals surface area contributed by atoms with Crippen LogP contribution in [0.3, 0.4) is 0 Å². The van der Waals surface area contributed by atoms with Gasteiger partial charge in [-0.3, -0.25) is 0 Å². The summed E-state index contributed by atoms with van der Waals surface area (Å²) in [7, 11) is 0. The first-order valence-electron chi connectivity index (χ1n) is 21.1. The molecule has 1 nitrogen and oxygen atoms in total. The molecule has 0 aliphatic carbocycles. The zero-order valence-electron chi connectivity index (χ0n) is 33.2. The van der Waals surface area contributed by atoms with Crippen LogP contribution in [0.4, 0.5) is 0 Å². The molecule has 0 amide bonds. The Labute approximate surface area is 352 Å². The quantitative estimate of drug-likeness (QED) is 0.128. The highest BCUT2D eigenvalue weighted by Crippen LogP contribution is 2.47. The van der Waals surface area contributed by atoms with Crippen LogP contribution >= 0.6 is 0 Å². The van der Waals surface area contributed by atoms with Gasteiger partial charge in [-0.25, -0.2) is 0 Å². The number of hydrogen-bond acceptors (Lipinski definition) is 1. The summed E-state index contributed by atoms with van der Waals surface area (Å²) < 4.78 is 6.86. The summed E-state index contributed by atoms with van der Waals surface area (Å²) in [5.41, 5.74) is 11.6. The van der Waals surface area contributed by atoms with Gasteiger partial charge in [-0.1, -0.05) is 194 Å². The summed E-state index contributed by atoms with van der Waals surface area (Å²) >= 11 is 0. The van der Waals surface area contributed by atoms with E-state index >= 15 is 0 Å². The van der Waals surface area contributed by atoms with E-state index in [-0.39, 0.29) is 0 Å². The maximum atomic E-state index is 6.86. The lowest BCUT2D eigenvalue weighted by molar-refractivity contribution is 0.673. The zero-order chi connectivity index (χ0) is 40.0. The van der Waals surface area contributed by atoms with Gasteiger partial charge >= 0.3 is 0 Å². The minimum atomic E-state index is 0.918. The van der Waals surface area contributed by atoms with E-state index in [2.05, 4.69) is 218 Å². The third-order valence-corrected chi connectivity index (χ3v) is 13.0. The summed E-state index contributed by atoms with van der Waals surface area (Å²) in [4.78, 5) is 0. The lowest BCUT2D eigenvalue weighted by Gasteiger charge is -2.19. The fourth-order valence-corrected chi connectivity index (χ4v) is 10.3. The van der Waals surface area contributed by atoms with Crippen LogP contribution in [0.1, 0.15) is 0 Å². The number of benzene rings is 12. The second kappa shape index (κ2) is 13.3. The Morgan fingerprint density at radius 1 is 0.246 bits per heavy atom. The van der Waals surface area contributed by atoms with Crippen LogP contribution in [0.15, 0.2) is 223 Å². The van der Waals surface area contributed by atoms with E-state index in [9.17, 15) is 0 Å². The van der Waals surface area contributed by atoms with Crippen LogP contribution in [0, 0.1) is 0 Å². The van der Waals surface area contributed by atoms with E-state index in [4.69, 9.17) is 4.42 Å². The van der Waals surface area contributed by atoms with Gasteiger partial charge in [-0.15, -0.1) is 0 Å². The molecule has 282 valence electrons. The van der Waals surface area contributed by atoms with E-state index in [1.165, 1.54) is 109 Å². The molecule has 1 aromatic heterocycles. The lowest BCUT2D eigenvalue weighted by atomic mass is 9.84. The number of hydrogen-bond donors (Lipinski definition) is 0. The number of furan rings is 1. The molecule has 0 spiro atoms. The average Bonchev–Trinajstić information content (AvgIpc) is 3.74. The minimum absolute atomic E-state index is 0.918. The number of rotatable bonds is 4. The molecule has 13 aromatic rings. The molecular weight excluding hydrogens is 737 g/mol. The SMILES string of the molecule is c1cc(-c2ccc3c4ccccc4c4c(oc5ccc6ccccc6c54)c3c2)cc(-c2c3ccccc3c(-c3cccc(-c4cccc5ccccc45)c3)c3ccccc23)c1. The monoisotopic (exact) mass is 772 g/mol. The summed E-state index contributed by atoms with van der Waals surface area (Å²) in [5, 5.41) is 17.1. The first-order chi connectivity index (χ1) is 30.3. The smallest absolute Gasteiger partial charge is 0.143 e. The van der Waals surface area contributed by atoms with Crippen molar-refractivity contribution in [2.24, 2.45) is 0 Å². The van der Waals surface area contributed by atoms with Crippen LogP contribution < -0.4 is 0 Å². The van der Waals surface area contributed by atoms with Crippen molar-refractivity contribution in [3.8, 4) is 44.5 Å². The Kier molecular flexibility index (Phi) is 7.37. The van der Waals surface area contributed by atoms with Gasteiger partial charge in [0.2, 0.25) is 0 Å². The molecule has 61 heavy (non-hydrogen) atoms. The van der Waals surface area contributed by atoms with Crippen LogP contribution in [0.5, 0.6) is 0 Å². The van der Waals surface area contributed by atoms with Gasteiger partial charge in [0.1, 0.15) is 11.2 Å². The molecule has 0 saturated carbocycles. The largest absolute Gasteiger partial charge is 0.455 e. The molecule has 1 heteroatoms. The maximum Gasteiger partial charge on any atom is 0.143 e. The molecule has 0 atom stereocenters. The highest BCUT2D eigenvalue weighted by atomic mass is 16.3. The van der Waals surface area contributed by atoms with Crippen LogP contribution in [0.25, 0.3) is 131 Å². The molecule has 0 fully saturated rings. The molecule has 0 saturated heterocycles. The van der Waals surface area contributed by atoms with Gasteiger partial charge in [0.25, 0.3) is 0 Å². The summed E-state index contributed by atoms with van der Waals surface area (Å²) in [6, 6.07) is 80.0. The molecule has 0 aliphatic heterocycles. The predicted octanol–water partition coefficient (Wildman–Crippen LogP) is 17.2. The summed E-state index contributed by atoms with van der Waals surface area (Å²) in [5.74, 6) is 0. The Morgan fingerprint density at radius 2 is 0.721 bits per heavy atom. The maximum absolute atomic E-state index is 6.86. The molecule has 0 unspecified atom stereocenters. The van der Waals surface area contributed by atoms with Crippen molar-refractivity contribution in [3.63, 3.8) is 0 Å². The number of fused-ring (bicyclic) bond motifs is 13. The molecule has 13 rings (SSSR count). The van der Waals surface area contributed by atoms with Gasteiger partial charge < -0.3 is 4.42 Å². The van der Waals surface area contributed by atoms with E-state index in [0.717, 1.165) is 22.1 Å². The lowest BCUT2D eigenvalue weighted by Crippen LogP contribution is -1.92. The molecule has 1 heterocycles. The molecule has 12 aromatic carbocycles. The van der Waals surface area contributed by atoms with Crippen LogP contribution in [0.2, 0.25) is 0 Å². The normalized spacial score (nSPS) is 11.9. The van der Waals surface area contributed by atoms with Crippen molar-refractivity contribution in [3.05, 3.63) is 218 Å². The third-order valence-electron chi connectivity index (χ3n) is 13.0. The van der Waals surface area contributed by atoms with E-state index in [1.807, 2.05) is 0 Å². The first-order valence-corrected chi connectivity index (χ1v) is 21.1. The topological polar surface area (TPSA) is 13.1 Å². The highest BCUT2D eigenvalue weighted by molar-refractivity contribution is 6.34. The predicted molar refractivity (Wildman–Crippen MR) is 260 cm³/mol. The molecule has 0 bridgehead atoms. The summed E-state index contributed by atoms with van der Waals surface area (Å²) in [6.07, 6.45) is 0. The van der Waals surface area contributed by atoms with Gasteiger partial charge in [-0.05, 0) is 128 Å². The fourth-order valence-electron chi connectivity index (χ4n) is 10.3. The van der Waals surface area contributed by atoms with Gasteiger partial charge in [0.05, 0.1) is 0 Å². The fraction of sp³-hybridized carbons (Fsp3) is 0. The van der Waals surface area contributed by atoms with E-state index < -0.39 is 0 Å². The van der Waals surface area contributed by atoms with Crippen molar-refractivity contribution >= 4 is 86.6 Å². The van der Waals surface area contributed by atoms with Gasteiger partial charge in [0, 0.05) is 16.2 Å². The van der Waals surface area contributed by atoms with Gasteiger partial charge in [-0.2, -0.15) is 0 Å². The molecular formula is C60H36O. The van der Waals surface area contributed by atoms with Crippen molar-refractivity contribution in [2.75, 3.05) is 0 Å². The third kappa shape index (κ3) is 5.14. The van der Waals surface area contributed by atoms with E-state index in [0.29, 0.717) is 0 Å². The zero-order valence-corrected chi connectivity index (χ0v) is 33.2. The highest BCUT2D eigenvalue weighted by Gasteiger charge is 2.20. The molecule has 0 N–H and O–H groups in total. The first kappa shape index (κ1) is 33.9. The average molecular weight is 773 g/mol. The van der Waals surface area contributed by atoms with Crippen molar-refractivity contribution in [1.29, 1.82) is 0 Å². The molecule has 0 aliphatic rings. The second-order valence-electron chi connectivity index (χ2n) is 16.3. The van der Waals surface area contributed by atoms with Gasteiger partial charge in [0.15, 0.2) is 0 Å². The minimum Gasteiger partial charge on any atom is -0.455 e. The Balaban J connectivity index is 1.01. The molecule has 0 radical (unpaired) electrons. The van der Waals surface area contributed by atoms with Crippen molar-refractivity contribution in [2.45, 2.75) is 0 Å². The Morgan fingerprint density at radius 3 is 1.41 bits per heavy atom. The Bertz CT molecular complexity index is 3880. The summed E-state index contributed by atoms with van der Waals surface area (Å²) in [6.45, 7) is 0. The van der Waals surface area contributed by atoms with Crippen molar-refractivity contribution < 1.29 is 4.42 Å². The Hall–Kier alpha value is -8.00.